The number of nitrogens with one attached hydrogen (secondary N) is 1. The lowest BCUT2D eigenvalue weighted by atomic mass is 10.0. The number of thiol groups is 1. The molecule has 198 valence electrons. The Kier molecular flexibility index (Phi) is 21.8. The van der Waals surface area contributed by atoms with E-state index in [1.165, 1.54) is 96.3 Å². The molecule has 2 atom stereocenters. The highest BCUT2D eigenvalue weighted by atomic mass is 32.1. The van der Waals surface area contributed by atoms with Gasteiger partial charge in [0, 0.05) is 25.8 Å². The third kappa shape index (κ3) is 17.5. The van der Waals surface area contributed by atoms with Crippen molar-refractivity contribution in [1.29, 1.82) is 0 Å². The summed E-state index contributed by atoms with van der Waals surface area (Å²) in [7, 11) is -2.60. The second-order valence-corrected chi connectivity index (χ2v) is 13.1. The van der Waals surface area contributed by atoms with E-state index in [1.54, 1.807) is 0 Å². The smallest absolute Gasteiger partial charge is 0.373 e. The summed E-state index contributed by atoms with van der Waals surface area (Å²) >= 11 is 4.38. The first-order valence-corrected chi connectivity index (χ1v) is 17.1. The average molecular weight is 504 g/mol. The summed E-state index contributed by atoms with van der Waals surface area (Å²) in [5.41, 5.74) is 3.18. The number of rotatable bonds is 22. The molecule has 2 unspecified atom stereocenters. The predicted octanol–water partition coefficient (Wildman–Crippen LogP) is 8.49. The Morgan fingerprint density at radius 1 is 0.788 bits per heavy atom. The highest BCUT2D eigenvalue weighted by molar-refractivity contribution is 7.80. The van der Waals surface area contributed by atoms with E-state index in [0.29, 0.717) is 5.92 Å². The van der Waals surface area contributed by atoms with Gasteiger partial charge in [0.1, 0.15) is 0 Å². The minimum atomic E-state index is -2.60. The van der Waals surface area contributed by atoms with Crippen molar-refractivity contribution in [2.24, 2.45) is 5.92 Å². The standard InChI is InChI=1S/C27H57NO3SSi/c1-3-5-6-7-8-9-10-11-12-13-14-15-16-17-18-19-22-29-33(25-20-24-32)30-23-21-27(4-2)26-28-31-33/h27-28,32H,3-26H2,1-2H3. The van der Waals surface area contributed by atoms with Gasteiger partial charge < -0.3 is 8.85 Å². The summed E-state index contributed by atoms with van der Waals surface area (Å²) in [5.74, 6) is 1.48. The molecule has 1 fully saturated rings. The minimum Gasteiger partial charge on any atom is -0.373 e. The molecule has 1 N–H and O–H groups in total. The third-order valence-corrected chi connectivity index (χ3v) is 10.0. The van der Waals surface area contributed by atoms with Crippen molar-refractivity contribution in [1.82, 2.24) is 5.48 Å². The van der Waals surface area contributed by atoms with Crippen molar-refractivity contribution in [3.05, 3.63) is 0 Å². The first-order valence-electron chi connectivity index (χ1n) is 14.6. The lowest BCUT2D eigenvalue weighted by molar-refractivity contribution is -0.00374. The number of hydroxylamine groups is 1. The van der Waals surface area contributed by atoms with Gasteiger partial charge in [-0.2, -0.15) is 12.6 Å². The largest absolute Gasteiger partial charge is 0.517 e. The Bertz CT molecular complexity index is 407. The molecule has 6 heteroatoms. The topological polar surface area (TPSA) is 39.7 Å². The summed E-state index contributed by atoms with van der Waals surface area (Å²) in [5, 5.41) is 0. The van der Waals surface area contributed by atoms with Crippen LogP contribution in [0.1, 0.15) is 136 Å². The maximum Gasteiger partial charge on any atom is 0.517 e. The Morgan fingerprint density at radius 3 is 1.85 bits per heavy atom. The summed E-state index contributed by atoms with van der Waals surface area (Å²) in [6.45, 7) is 6.94. The highest BCUT2D eigenvalue weighted by Crippen LogP contribution is 2.22. The van der Waals surface area contributed by atoms with Crippen LogP contribution < -0.4 is 5.48 Å². The van der Waals surface area contributed by atoms with Gasteiger partial charge in [0.05, 0.1) is 0 Å². The lowest BCUT2D eigenvalue weighted by Crippen LogP contribution is -2.52. The maximum atomic E-state index is 6.29. The van der Waals surface area contributed by atoms with Crippen LogP contribution >= 0.6 is 12.6 Å². The zero-order chi connectivity index (χ0) is 23.9. The first-order chi connectivity index (χ1) is 16.3. The SMILES string of the molecule is CCCCCCCCCCCCCCCCCCO[Si]1(CCCS)OCCC(CC)CNO1. The van der Waals surface area contributed by atoms with Crippen LogP contribution in [0.3, 0.4) is 0 Å². The van der Waals surface area contributed by atoms with E-state index in [2.05, 4.69) is 32.0 Å². The van der Waals surface area contributed by atoms with Crippen LogP contribution in [-0.4, -0.2) is 34.3 Å². The molecule has 1 aliphatic rings. The van der Waals surface area contributed by atoms with E-state index in [1.807, 2.05) is 0 Å². The molecule has 0 aromatic rings. The predicted molar refractivity (Wildman–Crippen MR) is 148 cm³/mol. The normalized spacial score (nSPS) is 21.7. The fourth-order valence-electron chi connectivity index (χ4n) is 4.57. The van der Waals surface area contributed by atoms with Crippen molar-refractivity contribution in [2.75, 3.05) is 25.5 Å². The number of unbranched alkanes of at least 4 members (excludes halogenated alkanes) is 15. The Hall–Kier alpha value is 0.407. The molecular weight excluding hydrogens is 446 g/mol. The van der Waals surface area contributed by atoms with Crippen molar-refractivity contribution in [2.45, 2.75) is 142 Å². The lowest BCUT2D eigenvalue weighted by Gasteiger charge is -2.33. The van der Waals surface area contributed by atoms with Crippen LogP contribution in [0.4, 0.5) is 0 Å². The fourth-order valence-corrected chi connectivity index (χ4v) is 7.42. The van der Waals surface area contributed by atoms with E-state index in [9.17, 15) is 0 Å². The molecule has 0 spiro atoms. The average Bonchev–Trinajstić information content (AvgIpc) is 2.81. The minimum absolute atomic E-state index is 0.627. The van der Waals surface area contributed by atoms with Crippen LogP contribution in [-0.2, 0) is 13.4 Å². The van der Waals surface area contributed by atoms with Crippen molar-refractivity contribution in [3.63, 3.8) is 0 Å². The summed E-state index contributed by atoms with van der Waals surface area (Å²) in [4.78, 5) is 0. The van der Waals surface area contributed by atoms with Gasteiger partial charge in [-0.05, 0) is 30.9 Å². The van der Waals surface area contributed by atoms with Crippen molar-refractivity contribution >= 4 is 21.4 Å². The molecule has 1 heterocycles. The van der Waals surface area contributed by atoms with Gasteiger partial charge in [-0.3, -0.25) is 4.53 Å². The highest BCUT2D eigenvalue weighted by Gasteiger charge is 2.42. The maximum absolute atomic E-state index is 6.29. The van der Waals surface area contributed by atoms with Crippen molar-refractivity contribution in [3.8, 4) is 0 Å². The summed E-state index contributed by atoms with van der Waals surface area (Å²) < 4.78 is 18.6. The van der Waals surface area contributed by atoms with Crippen LogP contribution in [0.25, 0.3) is 0 Å². The van der Waals surface area contributed by atoms with E-state index in [0.717, 1.165) is 57.2 Å². The quantitative estimate of drug-likeness (QED) is 0.0882. The zero-order valence-electron chi connectivity index (χ0n) is 22.2. The zero-order valence-corrected chi connectivity index (χ0v) is 24.1. The molecular formula is C27H57NO3SSi. The van der Waals surface area contributed by atoms with Crippen molar-refractivity contribution < 1.29 is 13.4 Å². The van der Waals surface area contributed by atoms with Gasteiger partial charge in [-0.15, -0.1) is 0 Å². The summed E-state index contributed by atoms with van der Waals surface area (Å²) in [6, 6.07) is 0.860. The molecule has 33 heavy (non-hydrogen) atoms. The van der Waals surface area contributed by atoms with Crippen LogP contribution in [0.2, 0.25) is 6.04 Å². The Morgan fingerprint density at radius 2 is 1.33 bits per heavy atom. The molecule has 0 aromatic carbocycles. The van der Waals surface area contributed by atoms with Gasteiger partial charge in [0.15, 0.2) is 0 Å². The molecule has 1 saturated heterocycles. The van der Waals surface area contributed by atoms with Crippen LogP contribution in [0.15, 0.2) is 0 Å². The molecule has 0 saturated carbocycles. The molecule has 0 aromatic heterocycles. The van der Waals surface area contributed by atoms with Gasteiger partial charge in [0.2, 0.25) is 0 Å². The fraction of sp³-hybridized carbons (Fsp3) is 1.00. The molecule has 1 aliphatic heterocycles. The second kappa shape index (κ2) is 22.8. The second-order valence-electron chi connectivity index (χ2n) is 10.0. The van der Waals surface area contributed by atoms with Crippen LogP contribution in [0, 0.1) is 5.92 Å². The van der Waals surface area contributed by atoms with Gasteiger partial charge >= 0.3 is 8.80 Å². The van der Waals surface area contributed by atoms with Gasteiger partial charge in [0.25, 0.3) is 0 Å². The number of hydrogen-bond acceptors (Lipinski definition) is 5. The Labute approximate surface area is 213 Å². The third-order valence-electron chi connectivity index (χ3n) is 6.99. The van der Waals surface area contributed by atoms with Gasteiger partial charge in [-0.1, -0.05) is 117 Å². The van der Waals surface area contributed by atoms with E-state index >= 15 is 0 Å². The summed E-state index contributed by atoms with van der Waals surface area (Å²) in [6.07, 6.45) is 25.4. The Balaban J connectivity index is 1.98. The van der Waals surface area contributed by atoms with E-state index < -0.39 is 8.80 Å². The molecule has 0 bridgehead atoms. The molecule has 4 nitrogen and oxygen atoms in total. The molecule has 1 rings (SSSR count). The number of hydrogen-bond donors (Lipinski definition) is 2. The first kappa shape index (κ1) is 31.4. The van der Waals surface area contributed by atoms with E-state index in [-0.39, 0.29) is 0 Å². The van der Waals surface area contributed by atoms with E-state index in [4.69, 9.17) is 13.4 Å². The van der Waals surface area contributed by atoms with Crippen LogP contribution in [0.5, 0.6) is 0 Å². The molecule has 0 aliphatic carbocycles. The van der Waals surface area contributed by atoms with Gasteiger partial charge in [-0.25, -0.2) is 5.48 Å². The monoisotopic (exact) mass is 503 g/mol. The molecule has 0 radical (unpaired) electrons. The molecule has 0 amide bonds.